The predicted octanol–water partition coefficient (Wildman–Crippen LogP) is 3.41. The van der Waals surface area contributed by atoms with Crippen molar-refractivity contribution >= 4 is 22.9 Å². The van der Waals surface area contributed by atoms with E-state index in [1.165, 1.54) is 0 Å². The number of carbonyl (C=O) groups is 2. The maximum atomic E-state index is 12.7. The number of carbonyl (C=O) groups excluding carboxylic acids is 1. The number of halogens is 1. The molecule has 0 aliphatic carbocycles. The summed E-state index contributed by atoms with van der Waals surface area (Å²) in [7, 11) is 0. The van der Waals surface area contributed by atoms with Crippen LogP contribution in [-0.4, -0.2) is 39.3 Å². The number of hydrogen-bond donors (Lipinski definition) is 2. The Labute approximate surface area is 152 Å². The molecule has 0 aromatic carbocycles. The number of alkyl halides is 1. The normalized spacial score (nSPS) is 12.9. The molecule has 0 spiro atoms. The van der Waals surface area contributed by atoms with Crippen LogP contribution in [0.25, 0.3) is 11.0 Å². The number of nitrogens with zero attached hydrogens (tertiary/aromatic N) is 2. The van der Waals surface area contributed by atoms with Crippen LogP contribution in [0.3, 0.4) is 0 Å². The molecule has 0 bridgehead atoms. The van der Waals surface area contributed by atoms with E-state index in [4.69, 9.17) is 0 Å². The summed E-state index contributed by atoms with van der Waals surface area (Å²) in [6.45, 7) is 5.59. The highest BCUT2D eigenvalue weighted by molar-refractivity contribution is 6.07. The van der Waals surface area contributed by atoms with Gasteiger partial charge in [0.15, 0.2) is 0 Å². The van der Waals surface area contributed by atoms with Gasteiger partial charge in [0.1, 0.15) is 11.7 Å². The molecule has 1 amide bonds. The lowest BCUT2D eigenvalue weighted by Gasteiger charge is -2.27. The van der Waals surface area contributed by atoms with E-state index in [1.54, 1.807) is 45.3 Å². The Morgan fingerprint density at radius 3 is 2.65 bits per heavy atom. The van der Waals surface area contributed by atoms with Gasteiger partial charge in [-0.15, -0.1) is 0 Å². The van der Waals surface area contributed by atoms with Gasteiger partial charge in [0.2, 0.25) is 0 Å². The lowest BCUT2D eigenvalue weighted by molar-refractivity contribution is -0.142. The second-order valence-electron chi connectivity index (χ2n) is 7.47. The number of nitrogens with one attached hydrogen (secondary N) is 1. The molecule has 0 saturated carbocycles. The number of aryl methyl sites for hydroxylation is 1. The molecule has 0 radical (unpaired) electrons. The van der Waals surface area contributed by atoms with Crippen LogP contribution >= 0.6 is 0 Å². The fraction of sp³-hybridized carbons (Fsp3) is 0.526. The number of amides is 1. The number of rotatable bonds is 8. The molecule has 2 aromatic rings. The molecular weight excluding hydrogens is 337 g/mol. The van der Waals surface area contributed by atoms with E-state index in [1.807, 2.05) is 4.57 Å². The molecule has 0 aliphatic rings. The van der Waals surface area contributed by atoms with Gasteiger partial charge < -0.3 is 15.0 Å². The number of pyridine rings is 1. The van der Waals surface area contributed by atoms with Crippen LogP contribution in [0.2, 0.25) is 0 Å². The molecule has 2 N–H and O–H groups in total. The Morgan fingerprint density at radius 1 is 1.31 bits per heavy atom. The minimum absolute atomic E-state index is 0.332. The third kappa shape index (κ3) is 4.59. The number of aromatic nitrogens is 2. The highest BCUT2D eigenvalue weighted by Crippen LogP contribution is 2.23. The van der Waals surface area contributed by atoms with Crippen molar-refractivity contribution in [3.8, 4) is 0 Å². The van der Waals surface area contributed by atoms with Gasteiger partial charge in [0, 0.05) is 24.3 Å². The largest absolute Gasteiger partial charge is 0.480 e. The zero-order valence-electron chi connectivity index (χ0n) is 15.5. The SMILES string of the molecule is CC(C)(C)[C@H](NC(=O)c1cn(CCCCCF)c2ncccc12)C(=O)O. The summed E-state index contributed by atoms with van der Waals surface area (Å²) in [5.41, 5.74) is 0.444. The fourth-order valence-corrected chi connectivity index (χ4v) is 2.88. The van der Waals surface area contributed by atoms with E-state index in [0.717, 1.165) is 12.8 Å². The summed E-state index contributed by atoms with van der Waals surface area (Å²) in [5, 5.41) is 12.7. The van der Waals surface area contributed by atoms with Crippen LogP contribution < -0.4 is 5.32 Å². The zero-order chi connectivity index (χ0) is 19.3. The molecule has 6 nitrogen and oxygen atoms in total. The van der Waals surface area contributed by atoms with Crippen LogP contribution in [0, 0.1) is 5.41 Å². The molecule has 7 heteroatoms. The molecule has 142 valence electrons. The van der Waals surface area contributed by atoms with E-state index in [-0.39, 0.29) is 6.67 Å². The van der Waals surface area contributed by atoms with Crippen LogP contribution in [0.5, 0.6) is 0 Å². The summed E-state index contributed by atoms with van der Waals surface area (Å²) >= 11 is 0. The molecule has 2 aromatic heterocycles. The van der Waals surface area contributed by atoms with Crippen molar-refractivity contribution < 1.29 is 19.1 Å². The van der Waals surface area contributed by atoms with Gasteiger partial charge in [-0.3, -0.25) is 9.18 Å². The Morgan fingerprint density at radius 2 is 2.04 bits per heavy atom. The third-order valence-electron chi connectivity index (χ3n) is 4.30. The Kier molecular flexibility index (Phi) is 6.34. The molecular formula is C19H26FN3O3. The summed E-state index contributed by atoms with van der Waals surface area (Å²) < 4.78 is 14.1. The van der Waals surface area contributed by atoms with E-state index in [9.17, 15) is 19.1 Å². The number of fused-ring (bicyclic) bond motifs is 1. The third-order valence-corrected chi connectivity index (χ3v) is 4.30. The second-order valence-corrected chi connectivity index (χ2v) is 7.47. The monoisotopic (exact) mass is 363 g/mol. The van der Waals surface area contributed by atoms with Crippen LogP contribution in [0.1, 0.15) is 50.4 Å². The highest BCUT2D eigenvalue weighted by atomic mass is 19.1. The molecule has 2 heterocycles. The van der Waals surface area contributed by atoms with Gasteiger partial charge in [-0.2, -0.15) is 0 Å². The Hall–Kier alpha value is -2.44. The van der Waals surface area contributed by atoms with Crippen molar-refractivity contribution in [1.82, 2.24) is 14.9 Å². The Bertz CT molecular complexity index is 780. The highest BCUT2D eigenvalue weighted by Gasteiger charge is 2.33. The topological polar surface area (TPSA) is 84.2 Å². The minimum Gasteiger partial charge on any atom is -0.480 e. The lowest BCUT2D eigenvalue weighted by Crippen LogP contribution is -2.49. The number of unbranched alkanes of at least 4 members (excludes halogenated alkanes) is 2. The minimum atomic E-state index is -1.07. The molecule has 1 atom stereocenters. The summed E-state index contributed by atoms with van der Waals surface area (Å²) in [5.74, 6) is -1.51. The number of hydrogen-bond acceptors (Lipinski definition) is 3. The Balaban J connectivity index is 2.28. The maximum absolute atomic E-state index is 12.7. The van der Waals surface area contributed by atoms with E-state index in [2.05, 4.69) is 10.3 Å². The van der Waals surface area contributed by atoms with Crippen LogP contribution in [0.4, 0.5) is 4.39 Å². The molecule has 2 rings (SSSR count). The van der Waals surface area contributed by atoms with Crippen molar-refractivity contribution in [3.63, 3.8) is 0 Å². The van der Waals surface area contributed by atoms with Gasteiger partial charge in [-0.25, -0.2) is 9.78 Å². The van der Waals surface area contributed by atoms with Crippen LogP contribution in [0.15, 0.2) is 24.5 Å². The average molecular weight is 363 g/mol. The smallest absolute Gasteiger partial charge is 0.326 e. The van der Waals surface area contributed by atoms with Gasteiger partial charge in [0.25, 0.3) is 5.91 Å². The first-order chi connectivity index (χ1) is 12.3. The first-order valence-electron chi connectivity index (χ1n) is 8.79. The first kappa shape index (κ1) is 19.9. The number of aliphatic carboxylic acids is 1. The first-order valence-corrected chi connectivity index (χ1v) is 8.79. The standard InChI is InChI=1S/C19H26FN3O3/c1-19(2,3)15(18(25)26)22-17(24)14-12-23(11-6-4-5-9-20)16-13(14)8-7-10-21-16/h7-8,10,12,15H,4-6,9,11H2,1-3H3,(H,22,24)(H,25,26)/t15-/m1/s1. The molecule has 0 unspecified atom stereocenters. The van der Waals surface area contributed by atoms with Crippen molar-refractivity contribution in [2.24, 2.45) is 5.41 Å². The summed E-state index contributed by atoms with van der Waals surface area (Å²) in [4.78, 5) is 28.6. The summed E-state index contributed by atoms with van der Waals surface area (Å²) in [6.07, 6.45) is 5.41. The number of carboxylic acid groups (broad SMARTS) is 1. The zero-order valence-corrected chi connectivity index (χ0v) is 15.5. The molecule has 0 fully saturated rings. The van der Waals surface area contributed by atoms with Crippen LogP contribution in [-0.2, 0) is 11.3 Å². The van der Waals surface area contributed by atoms with Gasteiger partial charge in [-0.1, -0.05) is 20.8 Å². The molecule has 0 saturated heterocycles. The van der Waals surface area contributed by atoms with E-state index in [0.29, 0.717) is 29.6 Å². The van der Waals surface area contributed by atoms with Gasteiger partial charge >= 0.3 is 5.97 Å². The van der Waals surface area contributed by atoms with Crippen molar-refractivity contribution in [2.75, 3.05) is 6.67 Å². The van der Waals surface area contributed by atoms with Gasteiger partial charge in [-0.05, 0) is 36.8 Å². The van der Waals surface area contributed by atoms with Crippen molar-refractivity contribution in [1.29, 1.82) is 0 Å². The maximum Gasteiger partial charge on any atom is 0.326 e. The van der Waals surface area contributed by atoms with Crippen molar-refractivity contribution in [2.45, 2.75) is 52.6 Å². The summed E-state index contributed by atoms with van der Waals surface area (Å²) in [6, 6.07) is 2.53. The van der Waals surface area contributed by atoms with Crippen molar-refractivity contribution in [3.05, 3.63) is 30.1 Å². The van der Waals surface area contributed by atoms with E-state index < -0.39 is 23.3 Å². The second kappa shape index (κ2) is 8.29. The fourth-order valence-electron chi connectivity index (χ4n) is 2.88. The van der Waals surface area contributed by atoms with E-state index >= 15 is 0 Å². The number of carboxylic acids is 1. The quantitative estimate of drug-likeness (QED) is 0.704. The van der Waals surface area contributed by atoms with Gasteiger partial charge in [0.05, 0.1) is 12.2 Å². The molecule has 26 heavy (non-hydrogen) atoms. The predicted molar refractivity (Wildman–Crippen MR) is 97.9 cm³/mol. The molecule has 0 aliphatic heterocycles. The lowest BCUT2D eigenvalue weighted by atomic mass is 9.86. The average Bonchev–Trinajstić information content (AvgIpc) is 2.94.